The molecule has 0 saturated carbocycles. The molecular formula is C57H98O6. The molecule has 6 heteroatoms. The zero-order valence-electron chi connectivity index (χ0n) is 41.3. The standard InChI is InChI=1S/C57H98O6/c1-4-7-10-13-16-19-22-25-27-29-31-32-35-38-41-44-47-50-56(59)62-53-54(52-61-55(58)49-46-43-40-37-34-24-21-18-15-12-9-6-3)63-57(60)51-48-45-42-39-36-33-30-28-26-23-20-17-14-11-8-5-2/h8-9,11-12,17-18,20-21,26,28,34,37,54H,4-7,10,13-16,19,22-25,27,29-33,35-36,38-53H2,1-3H3/b11-8-,12-9-,20-17-,21-18-,28-26-,37-34-. The number of esters is 3. The van der Waals surface area contributed by atoms with Gasteiger partial charge < -0.3 is 14.2 Å². The molecule has 0 amide bonds. The second kappa shape index (κ2) is 51.5. The largest absolute Gasteiger partial charge is 0.462 e. The van der Waals surface area contributed by atoms with Crippen molar-refractivity contribution >= 4 is 17.9 Å². The molecule has 0 aromatic carbocycles. The molecule has 0 spiro atoms. The number of rotatable bonds is 47. The van der Waals surface area contributed by atoms with E-state index in [2.05, 4.69) is 93.7 Å². The van der Waals surface area contributed by atoms with Crippen molar-refractivity contribution in [1.82, 2.24) is 0 Å². The molecule has 0 N–H and O–H groups in total. The van der Waals surface area contributed by atoms with E-state index in [9.17, 15) is 14.4 Å². The first kappa shape index (κ1) is 59.9. The van der Waals surface area contributed by atoms with Gasteiger partial charge in [0.15, 0.2) is 6.10 Å². The summed E-state index contributed by atoms with van der Waals surface area (Å²) >= 11 is 0. The third-order valence-corrected chi connectivity index (χ3v) is 11.2. The van der Waals surface area contributed by atoms with E-state index in [1.54, 1.807) is 0 Å². The van der Waals surface area contributed by atoms with Gasteiger partial charge in [-0.3, -0.25) is 14.4 Å². The molecule has 0 aliphatic heterocycles. The fourth-order valence-corrected chi connectivity index (χ4v) is 7.29. The van der Waals surface area contributed by atoms with E-state index in [0.29, 0.717) is 19.3 Å². The highest BCUT2D eigenvalue weighted by molar-refractivity contribution is 5.71. The quantitative estimate of drug-likeness (QED) is 0.0262. The third-order valence-electron chi connectivity index (χ3n) is 11.2. The van der Waals surface area contributed by atoms with Crippen LogP contribution >= 0.6 is 0 Å². The van der Waals surface area contributed by atoms with Crippen LogP contribution in [0.3, 0.4) is 0 Å². The summed E-state index contributed by atoms with van der Waals surface area (Å²) in [6.45, 7) is 6.38. The minimum Gasteiger partial charge on any atom is -0.462 e. The second-order valence-corrected chi connectivity index (χ2v) is 17.4. The summed E-state index contributed by atoms with van der Waals surface area (Å²) in [6, 6.07) is 0. The van der Waals surface area contributed by atoms with Crippen LogP contribution in [0.1, 0.15) is 252 Å². The van der Waals surface area contributed by atoms with E-state index in [1.807, 2.05) is 0 Å². The highest BCUT2D eigenvalue weighted by atomic mass is 16.6. The summed E-state index contributed by atoms with van der Waals surface area (Å²) in [4.78, 5) is 38.0. The first-order valence-electron chi connectivity index (χ1n) is 26.4. The number of allylic oxidation sites excluding steroid dienone is 12. The van der Waals surface area contributed by atoms with Gasteiger partial charge in [0, 0.05) is 19.3 Å². The molecule has 1 atom stereocenters. The molecule has 362 valence electrons. The van der Waals surface area contributed by atoms with E-state index in [1.165, 1.54) is 103 Å². The molecule has 0 aliphatic rings. The highest BCUT2D eigenvalue weighted by Gasteiger charge is 2.19. The van der Waals surface area contributed by atoms with Gasteiger partial charge in [0.1, 0.15) is 13.2 Å². The summed E-state index contributed by atoms with van der Waals surface area (Å²) in [6.07, 6.45) is 64.6. The predicted molar refractivity (Wildman–Crippen MR) is 270 cm³/mol. The number of carbonyl (C=O) groups is 3. The van der Waals surface area contributed by atoms with Gasteiger partial charge in [-0.15, -0.1) is 0 Å². The number of unbranched alkanes of at least 4 members (excludes halogenated alkanes) is 24. The van der Waals surface area contributed by atoms with Crippen LogP contribution in [0.25, 0.3) is 0 Å². The van der Waals surface area contributed by atoms with Crippen molar-refractivity contribution in [2.75, 3.05) is 13.2 Å². The van der Waals surface area contributed by atoms with Crippen LogP contribution in [-0.2, 0) is 28.6 Å². The fraction of sp³-hybridized carbons (Fsp3) is 0.737. The average molecular weight is 879 g/mol. The van der Waals surface area contributed by atoms with Gasteiger partial charge in [-0.2, -0.15) is 0 Å². The Morgan fingerprint density at radius 1 is 0.333 bits per heavy atom. The van der Waals surface area contributed by atoms with Gasteiger partial charge in [0.05, 0.1) is 0 Å². The van der Waals surface area contributed by atoms with Crippen LogP contribution in [-0.4, -0.2) is 37.2 Å². The lowest BCUT2D eigenvalue weighted by atomic mass is 10.0. The lowest BCUT2D eigenvalue weighted by molar-refractivity contribution is -0.167. The maximum atomic E-state index is 12.8. The maximum absolute atomic E-state index is 12.8. The predicted octanol–water partition coefficient (Wildman–Crippen LogP) is 17.4. The van der Waals surface area contributed by atoms with Crippen LogP contribution in [0.4, 0.5) is 0 Å². The van der Waals surface area contributed by atoms with Gasteiger partial charge in [-0.25, -0.2) is 0 Å². The minimum absolute atomic E-state index is 0.0913. The SMILES string of the molecule is CC/C=C\C/C=C\C/C=C\CCCCCCCCC(=O)OC(COC(=O)CCCC/C=C\C/C=C\C/C=C\CC)COC(=O)CCCCCCCCCCCCCCCCCCC. The Morgan fingerprint density at radius 3 is 1.00 bits per heavy atom. The smallest absolute Gasteiger partial charge is 0.306 e. The van der Waals surface area contributed by atoms with Crippen LogP contribution in [0.5, 0.6) is 0 Å². The lowest BCUT2D eigenvalue weighted by Gasteiger charge is -2.18. The third kappa shape index (κ3) is 49.7. The molecule has 0 radical (unpaired) electrons. The number of hydrogen-bond acceptors (Lipinski definition) is 6. The summed E-state index contributed by atoms with van der Waals surface area (Å²) in [5.74, 6) is -0.941. The Labute approximate surface area is 389 Å². The molecule has 0 aromatic heterocycles. The Bertz CT molecular complexity index is 1190. The van der Waals surface area contributed by atoms with Crippen LogP contribution in [0, 0.1) is 0 Å². The van der Waals surface area contributed by atoms with Crippen LogP contribution in [0.2, 0.25) is 0 Å². The molecule has 63 heavy (non-hydrogen) atoms. The monoisotopic (exact) mass is 879 g/mol. The Balaban J connectivity index is 4.40. The van der Waals surface area contributed by atoms with Crippen LogP contribution < -0.4 is 0 Å². The van der Waals surface area contributed by atoms with E-state index in [-0.39, 0.29) is 31.1 Å². The van der Waals surface area contributed by atoms with E-state index in [0.717, 1.165) is 109 Å². The molecular weight excluding hydrogens is 781 g/mol. The average Bonchev–Trinajstić information content (AvgIpc) is 3.28. The molecule has 6 nitrogen and oxygen atoms in total. The zero-order valence-corrected chi connectivity index (χ0v) is 41.3. The van der Waals surface area contributed by atoms with Crippen molar-refractivity contribution in [3.8, 4) is 0 Å². The van der Waals surface area contributed by atoms with Gasteiger partial charge >= 0.3 is 17.9 Å². The van der Waals surface area contributed by atoms with Crippen molar-refractivity contribution in [2.24, 2.45) is 0 Å². The molecule has 0 bridgehead atoms. The first-order valence-corrected chi connectivity index (χ1v) is 26.4. The second-order valence-electron chi connectivity index (χ2n) is 17.4. The van der Waals surface area contributed by atoms with Gasteiger partial charge in [0.25, 0.3) is 0 Å². The molecule has 0 aliphatic carbocycles. The Kier molecular flexibility index (Phi) is 48.9. The maximum Gasteiger partial charge on any atom is 0.306 e. The summed E-state index contributed by atoms with van der Waals surface area (Å²) < 4.78 is 16.8. The molecule has 0 saturated heterocycles. The Morgan fingerprint density at radius 2 is 0.619 bits per heavy atom. The minimum atomic E-state index is -0.796. The van der Waals surface area contributed by atoms with Crippen LogP contribution in [0.15, 0.2) is 72.9 Å². The first-order chi connectivity index (χ1) is 31.0. The fourth-order valence-electron chi connectivity index (χ4n) is 7.29. The van der Waals surface area contributed by atoms with Crippen molar-refractivity contribution in [1.29, 1.82) is 0 Å². The number of hydrogen-bond donors (Lipinski definition) is 0. The van der Waals surface area contributed by atoms with E-state index >= 15 is 0 Å². The number of ether oxygens (including phenoxy) is 3. The highest BCUT2D eigenvalue weighted by Crippen LogP contribution is 2.15. The van der Waals surface area contributed by atoms with E-state index in [4.69, 9.17) is 14.2 Å². The molecule has 0 fully saturated rings. The van der Waals surface area contributed by atoms with Gasteiger partial charge in [0.2, 0.25) is 0 Å². The normalized spacial score (nSPS) is 12.6. The summed E-state index contributed by atoms with van der Waals surface area (Å²) in [7, 11) is 0. The van der Waals surface area contributed by atoms with Gasteiger partial charge in [-0.05, 0) is 83.5 Å². The topological polar surface area (TPSA) is 78.9 Å². The zero-order chi connectivity index (χ0) is 45.8. The van der Waals surface area contributed by atoms with Crippen molar-refractivity contribution in [2.45, 2.75) is 258 Å². The van der Waals surface area contributed by atoms with Gasteiger partial charge in [-0.1, -0.05) is 222 Å². The molecule has 1 unspecified atom stereocenters. The van der Waals surface area contributed by atoms with Crippen molar-refractivity contribution in [3.63, 3.8) is 0 Å². The van der Waals surface area contributed by atoms with Crippen molar-refractivity contribution in [3.05, 3.63) is 72.9 Å². The summed E-state index contributed by atoms with van der Waals surface area (Å²) in [5.41, 5.74) is 0. The van der Waals surface area contributed by atoms with Crippen molar-refractivity contribution < 1.29 is 28.6 Å². The molecule has 0 heterocycles. The van der Waals surface area contributed by atoms with E-state index < -0.39 is 6.10 Å². The number of carbonyl (C=O) groups excluding carboxylic acids is 3. The Hall–Kier alpha value is -3.15. The summed E-state index contributed by atoms with van der Waals surface area (Å²) in [5, 5.41) is 0. The lowest BCUT2D eigenvalue weighted by Crippen LogP contribution is -2.30. The molecule has 0 rings (SSSR count). The molecule has 0 aromatic rings.